The molecule has 2 amide bonds. The molecule has 4 nitrogen and oxygen atoms in total. The Morgan fingerprint density at radius 2 is 1.38 bits per heavy atom. The molecule has 0 aliphatic heterocycles. The lowest BCUT2D eigenvalue weighted by Crippen LogP contribution is -2.41. The van der Waals surface area contributed by atoms with E-state index < -0.39 is 0 Å². The van der Waals surface area contributed by atoms with Crippen LogP contribution in [0.3, 0.4) is 0 Å². The van der Waals surface area contributed by atoms with Gasteiger partial charge >= 0.3 is 0 Å². The highest BCUT2D eigenvalue weighted by molar-refractivity contribution is 5.81. The Hall–Kier alpha value is -1.06. The Kier molecular flexibility index (Phi) is 8.62. The molecule has 2 saturated carbocycles. The second-order valence-electron chi connectivity index (χ2n) is 7.74. The highest BCUT2D eigenvalue weighted by Gasteiger charge is 2.30. The van der Waals surface area contributed by atoms with Crippen molar-refractivity contribution >= 4 is 11.8 Å². The maximum Gasteiger partial charge on any atom is 0.223 e. The van der Waals surface area contributed by atoms with Gasteiger partial charge in [-0.2, -0.15) is 0 Å². The smallest absolute Gasteiger partial charge is 0.223 e. The van der Waals surface area contributed by atoms with Crippen molar-refractivity contribution in [3.05, 3.63) is 0 Å². The van der Waals surface area contributed by atoms with E-state index in [1.165, 1.54) is 38.5 Å². The van der Waals surface area contributed by atoms with Gasteiger partial charge in [-0.25, -0.2) is 0 Å². The highest BCUT2D eigenvalue weighted by Crippen LogP contribution is 2.29. The van der Waals surface area contributed by atoms with Gasteiger partial charge in [-0.05, 0) is 44.9 Å². The average molecular weight is 337 g/mol. The van der Waals surface area contributed by atoms with Crippen molar-refractivity contribution in [2.75, 3.05) is 6.54 Å². The van der Waals surface area contributed by atoms with Gasteiger partial charge < -0.3 is 10.6 Å². The van der Waals surface area contributed by atoms with Gasteiger partial charge in [0.1, 0.15) is 0 Å². The number of hydrogen-bond donors (Lipinski definition) is 2. The first-order valence-corrected chi connectivity index (χ1v) is 10.3. The highest BCUT2D eigenvalue weighted by atomic mass is 16.2. The lowest BCUT2D eigenvalue weighted by Gasteiger charge is -2.28. The number of nitrogens with one attached hydrogen (secondary N) is 2. The van der Waals surface area contributed by atoms with Crippen LogP contribution in [0.4, 0.5) is 0 Å². The molecule has 0 unspecified atom stereocenters. The molecule has 0 saturated heterocycles. The predicted octanol–water partition coefficient (Wildman–Crippen LogP) is 3.94. The molecule has 2 rings (SSSR count). The third-order valence-corrected chi connectivity index (χ3v) is 5.75. The second kappa shape index (κ2) is 10.7. The van der Waals surface area contributed by atoms with Crippen molar-refractivity contribution < 1.29 is 9.59 Å². The van der Waals surface area contributed by atoms with Gasteiger partial charge in [0.05, 0.1) is 0 Å². The van der Waals surface area contributed by atoms with E-state index >= 15 is 0 Å². The van der Waals surface area contributed by atoms with Crippen molar-refractivity contribution in [3.63, 3.8) is 0 Å². The van der Waals surface area contributed by atoms with Crippen molar-refractivity contribution in [1.29, 1.82) is 0 Å². The fraction of sp³-hybridized carbons (Fsp3) is 0.900. The maximum atomic E-state index is 12.5. The molecule has 0 atom stereocenters. The molecule has 0 aromatic rings. The first-order valence-electron chi connectivity index (χ1n) is 10.3. The Morgan fingerprint density at radius 1 is 0.792 bits per heavy atom. The van der Waals surface area contributed by atoms with Crippen LogP contribution in [-0.4, -0.2) is 24.4 Å². The molecule has 0 aromatic heterocycles. The van der Waals surface area contributed by atoms with Crippen molar-refractivity contribution in [3.8, 4) is 0 Å². The summed E-state index contributed by atoms with van der Waals surface area (Å²) in [5, 5.41) is 6.35. The van der Waals surface area contributed by atoms with Crippen molar-refractivity contribution in [2.24, 2.45) is 11.8 Å². The van der Waals surface area contributed by atoms with Crippen LogP contribution in [0.15, 0.2) is 0 Å². The number of amides is 2. The number of unbranched alkanes of at least 4 members (excludes halogenated alkanes) is 2. The average Bonchev–Trinajstić information content (AvgIpc) is 2.87. The zero-order chi connectivity index (χ0) is 17.2. The summed E-state index contributed by atoms with van der Waals surface area (Å²) in [7, 11) is 0. The summed E-state index contributed by atoms with van der Waals surface area (Å²) in [5.74, 6) is 0.684. The summed E-state index contributed by atoms with van der Waals surface area (Å²) in [6, 6.07) is 0.389. The summed E-state index contributed by atoms with van der Waals surface area (Å²) in [4.78, 5) is 24.7. The summed E-state index contributed by atoms with van der Waals surface area (Å²) < 4.78 is 0. The molecule has 2 aliphatic carbocycles. The van der Waals surface area contributed by atoms with Crippen LogP contribution in [0.5, 0.6) is 0 Å². The number of rotatable bonds is 7. The minimum Gasteiger partial charge on any atom is -0.356 e. The van der Waals surface area contributed by atoms with Gasteiger partial charge in [-0.3, -0.25) is 9.59 Å². The molecule has 0 aromatic carbocycles. The fourth-order valence-corrected chi connectivity index (χ4v) is 4.09. The summed E-state index contributed by atoms with van der Waals surface area (Å²) in [6.45, 7) is 2.97. The molecule has 2 fully saturated rings. The summed E-state index contributed by atoms with van der Waals surface area (Å²) in [5.41, 5.74) is 0. The zero-order valence-corrected chi connectivity index (χ0v) is 15.4. The van der Waals surface area contributed by atoms with Crippen LogP contribution >= 0.6 is 0 Å². The standard InChI is InChI=1S/C20H36N2O2/c1-2-3-8-15-21-19(23)16-11-13-17(14-12-16)20(24)22-18-9-6-4-5-7-10-18/h16-18H,2-15H2,1H3,(H,21,23)(H,22,24). The Morgan fingerprint density at radius 3 is 1.96 bits per heavy atom. The van der Waals surface area contributed by atoms with E-state index in [-0.39, 0.29) is 23.7 Å². The van der Waals surface area contributed by atoms with Crippen LogP contribution in [0.1, 0.15) is 90.4 Å². The third-order valence-electron chi connectivity index (χ3n) is 5.75. The molecule has 138 valence electrons. The first kappa shape index (κ1) is 19.3. The van der Waals surface area contributed by atoms with Crippen molar-refractivity contribution in [1.82, 2.24) is 10.6 Å². The van der Waals surface area contributed by atoms with E-state index in [4.69, 9.17) is 0 Å². The van der Waals surface area contributed by atoms with Gasteiger partial charge in [-0.1, -0.05) is 45.4 Å². The van der Waals surface area contributed by atoms with Crippen LogP contribution in [0.2, 0.25) is 0 Å². The van der Waals surface area contributed by atoms with E-state index in [1.807, 2.05) is 0 Å². The van der Waals surface area contributed by atoms with Crippen LogP contribution in [-0.2, 0) is 9.59 Å². The normalized spacial score (nSPS) is 25.7. The van der Waals surface area contributed by atoms with E-state index in [9.17, 15) is 9.59 Å². The first-order chi connectivity index (χ1) is 11.7. The minimum absolute atomic E-state index is 0.119. The lowest BCUT2D eigenvalue weighted by molar-refractivity contribution is -0.131. The van der Waals surface area contributed by atoms with E-state index in [0.29, 0.717) is 6.04 Å². The van der Waals surface area contributed by atoms with Crippen LogP contribution in [0.25, 0.3) is 0 Å². The van der Waals surface area contributed by atoms with E-state index in [2.05, 4.69) is 17.6 Å². The lowest BCUT2D eigenvalue weighted by atomic mass is 9.81. The fourth-order valence-electron chi connectivity index (χ4n) is 4.09. The van der Waals surface area contributed by atoms with E-state index in [1.54, 1.807) is 0 Å². The molecule has 0 bridgehead atoms. The monoisotopic (exact) mass is 336 g/mol. The molecular formula is C20H36N2O2. The zero-order valence-electron chi connectivity index (χ0n) is 15.4. The molecule has 0 spiro atoms. The Labute approximate surface area is 147 Å². The molecule has 2 aliphatic rings. The Bertz CT molecular complexity index is 381. The third kappa shape index (κ3) is 6.45. The number of carbonyl (C=O) groups is 2. The predicted molar refractivity (Wildman–Crippen MR) is 97.6 cm³/mol. The van der Waals surface area contributed by atoms with Crippen LogP contribution < -0.4 is 10.6 Å². The van der Waals surface area contributed by atoms with Gasteiger partial charge in [0, 0.05) is 24.4 Å². The van der Waals surface area contributed by atoms with E-state index in [0.717, 1.165) is 51.5 Å². The van der Waals surface area contributed by atoms with Gasteiger partial charge in [0.25, 0.3) is 0 Å². The molecule has 24 heavy (non-hydrogen) atoms. The molecular weight excluding hydrogens is 300 g/mol. The maximum absolute atomic E-state index is 12.5. The summed E-state index contributed by atoms with van der Waals surface area (Å²) in [6.07, 6.45) is 14.3. The minimum atomic E-state index is 0.119. The molecule has 4 heteroatoms. The molecule has 0 radical (unpaired) electrons. The number of hydrogen-bond acceptors (Lipinski definition) is 2. The molecule has 2 N–H and O–H groups in total. The molecule has 0 heterocycles. The Balaban J connectivity index is 1.65. The topological polar surface area (TPSA) is 58.2 Å². The SMILES string of the molecule is CCCCCNC(=O)C1CCC(C(=O)NC2CCCCCC2)CC1. The number of carbonyl (C=O) groups excluding carboxylic acids is 2. The second-order valence-corrected chi connectivity index (χ2v) is 7.74. The quantitative estimate of drug-likeness (QED) is 0.546. The van der Waals surface area contributed by atoms with Crippen LogP contribution in [0, 0.1) is 11.8 Å². The van der Waals surface area contributed by atoms with Gasteiger partial charge in [0.15, 0.2) is 0 Å². The van der Waals surface area contributed by atoms with Crippen molar-refractivity contribution in [2.45, 2.75) is 96.4 Å². The van der Waals surface area contributed by atoms with Gasteiger partial charge in [-0.15, -0.1) is 0 Å². The largest absolute Gasteiger partial charge is 0.356 e. The summed E-state index contributed by atoms with van der Waals surface area (Å²) >= 11 is 0. The van der Waals surface area contributed by atoms with Gasteiger partial charge in [0.2, 0.25) is 11.8 Å².